The lowest BCUT2D eigenvalue weighted by molar-refractivity contribution is -0.528. The third-order valence-electron chi connectivity index (χ3n) is 10.1. The van der Waals surface area contributed by atoms with E-state index in [-0.39, 0.29) is 41.2 Å². The SMILES string of the molecule is Cc1ccc(-c2ccc(C#CC(C)(C)C)nc2[C@@H](CC(=O)Cn2nc(C(F)F)c3c2C(F)(F)[C@@H]2C[C@H]32)Cc2cc(F)cc(F)c2)c2n(C)nc(CS(C)(=O)=O)[n+]12. The van der Waals surface area contributed by atoms with Gasteiger partial charge in [0.15, 0.2) is 15.6 Å². The second kappa shape index (κ2) is 13.9. The fourth-order valence-electron chi connectivity index (χ4n) is 7.79. The molecule has 4 aromatic heterocycles. The number of sulfone groups is 1. The fraction of sp³-hybridized carbons (Fsp3) is 0.425. The summed E-state index contributed by atoms with van der Waals surface area (Å²) in [6.07, 6.45) is -2.53. The minimum Gasteiger partial charge on any atom is -0.298 e. The Kier molecular flexibility index (Phi) is 9.70. The van der Waals surface area contributed by atoms with E-state index in [9.17, 15) is 30.8 Å². The van der Waals surface area contributed by atoms with Crippen molar-refractivity contribution in [3.8, 4) is 23.0 Å². The minimum atomic E-state index is -3.51. The summed E-state index contributed by atoms with van der Waals surface area (Å²) >= 11 is 0. The quantitative estimate of drug-likeness (QED) is 0.0805. The Hall–Kier alpha value is -5.04. The van der Waals surface area contributed by atoms with Gasteiger partial charge in [0.05, 0.1) is 24.0 Å². The molecule has 0 unspecified atom stereocenters. The predicted octanol–water partition coefficient (Wildman–Crippen LogP) is 7.08. The van der Waals surface area contributed by atoms with Gasteiger partial charge in [-0.2, -0.15) is 18.3 Å². The van der Waals surface area contributed by atoms with Crippen LogP contribution in [0.4, 0.5) is 26.3 Å². The second-order valence-corrected chi connectivity index (χ2v) is 18.0. The second-order valence-electron chi connectivity index (χ2n) is 15.9. The molecule has 16 heteroatoms. The number of hydrogen-bond donors (Lipinski definition) is 0. The van der Waals surface area contributed by atoms with Crippen molar-refractivity contribution < 1.29 is 44.0 Å². The number of pyridine rings is 2. The highest BCUT2D eigenvalue weighted by atomic mass is 32.2. The molecule has 0 amide bonds. The van der Waals surface area contributed by atoms with Crippen LogP contribution in [0, 0.1) is 41.7 Å². The molecule has 0 saturated heterocycles. The van der Waals surface area contributed by atoms with E-state index in [0.717, 1.165) is 18.4 Å². The lowest BCUT2D eigenvalue weighted by Crippen LogP contribution is -2.31. The summed E-state index contributed by atoms with van der Waals surface area (Å²) < 4.78 is 117. The van der Waals surface area contributed by atoms with Gasteiger partial charge in [0.2, 0.25) is 0 Å². The monoisotopic (exact) mass is 797 g/mol. The van der Waals surface area contributed by atoms with Crippen LogP contribution in [0.25, 0.3) is 16.8 Å². The van der Waals surface area contributed by atoms with Crippen LogP contribution < -0.4 is 4.40 Å². The van der Waals surface area contributed by atoms with E-state index in [4.69, 9.17) is 4.98 Å². The van der Waals surface area contributed by atoms with Crippen LogP contribution in [-0.2, 0) is 46.3 Å². The molecule has 0 spiro atoms. The van der Waals surface area contributed by atoms with Gasteiger partial charge in [0.1, 0.15) is 41.0 Å². The first kappa shape index (κ1) is 39.2. The smallest absolute Gasteiger partial charge is 0.297 e. The summed E-state index contributed by atoms with van der Waals surface area (Å²) in [6, 6.07) is 9.89. The highest BCUT2D eigenvalue weighted by Gasteiger charge is 2.67. The van der Waals surface area contributed by atoms with E-state index in [0.29, 0.717) is 38.9 Å². The normalized spacial score (nSPS) is 17.8. The molecule has 0 bridgehead atoms. The lowest BCUT2D eigenvalue weighted by atomic mass is 9.86. The molecule has 56 heavy (non-hydrogen) atoms. The van der Waals surface area contributed by atoms with Crippen LogP contribution in [0.3, 0.4) is 0 Å². The molecule has 4 heterocycles. The average molecular weight is 798 g/mol. The van der Waals surface area contributed by atoms with E-state index in [1.165, 1.54) is 4.68 Å². The Bertz CT molecular complexity index is 2580. The maximum absolute atomic E-state index is 15.4. The number of alkyl halides is 4. The van der Waals surface area contributed by atoms with Crippen LogP contribution in [0.1, 0.15) is 97.3 Å². The molecule has 0 N–H and O–H groups in total. The van der Waals surface area contributed by atoms with Crippen molar-refractivity contribution in [2.75, 3.05) is 6.26 Å². The topological polar surface area (TPSA) is 104 Å². The number of aryl methyl sites for hydroxylation is 2. The Labute approximate surface area is 319 Å². The summed E-state index contributed by atoms with van der Waals surface area (Å²) in [5.41, 5.74) is 0.824. The first-order valence-corrected chi connectivity index (χ1v) is 20.0. The number of benzene rings is 1. The average Bonchev–Trinajstić information content (AvgIpc) is 3.62. The number of aromatic nitrogens is 6. The van der Waals surface area contributed by atoms with E-state index >= 15 is 8.78 Å². The van der Waals surface area contributed by atoms with Gasteiger partial charge in [-0.25, -0.2) is 31.0 Å². The Morgan fingerprint density at radius 3 is 2.36 bits per heavy atom. The number of halogens is 6. The van der Waals surface area contributed by atoms with E-state index in [2.05, 4.69) is 22.0 Å². The third kappa shape index (κ3) is 7.57. The molecule has 1 aromatic carbocycles. The molecule has 1 saturated carbocycles. The number of hydrogen-bond acceptors (Lipinski definition) is 6. The van der Waals surface area contributed by atoms with Crippen LogP contribution in [-0.4, -0.2) is 45.0 Å². The van der Waals surface area contributed by atoms with Crippen molar-refractivity contribution in [3.05, 3.63) is 99.5 Å². The van der Waals surface area contributed by atoms with Gasteiger partial charge in [-0.1, -0.05) is 5.92 Å². The number of rotatable bonds is 11. The van der Waals surface area contributed by atoms with Crippen molar-refractivity contribution in [1.29, 1.82) is 0 Å². The van der Waals surface area contributed by atoms with Gasteiger partial charge in [-0.3, -0.25) is 9.48 Å². The summed E-state index contributed by atoms with van der Waals surface area (Å²) in [5, 5.41) is 8.33. The Morgan fingerprint density at radius 2 is 1.71 bits per heavy atom. The van der Waals surface area contributed by atoms with E-state index < -0.39 is 87.1 Å². The largest absolute Gasteiger partial charge is 0.298 e. The third-order valence-corrected chi connectivity index (χ3v) is 10.8. The van der Waals surface area contributed by atoms with Crippen molar-refractivity contribution in [2.45, 2.75) is 83.4 Å². The van der Waals surface area contributed by atoms with Gasteiger partial charge < -0.3 is 0 Å². The van der Waals surface area contributed by atoms with Gasteiger partial charge in [0, 0.05) is 52.2 Å². The molecule has 5 aromatic rings. The molecule has 2 aliphatic carbocycles. The van der Waals surface area contributed by atoms with Gasteiger partial charge in [0.25, 0.3) is 23.8 Å². The van der Waals surface area contributed by atoms with E-state index in [1.54, 1.807) is 42.6 Å². The van der Waals surface area contributed by atoms with Crippen LogP contribution in [0.2, 0.25) is 0 Å². The highest BCUT2D eigenvalue weighted by molar-refractivity contribution is 7.89. The number of nitrogens with zero attached hydrogens (tertiary/aromatic N) is 6. The van der Waals surface area contributed by atoms with Crippen molar-refractivity contribution in [2.24, 2.45) is 18.4 Å². The number of carbonyl (C=O) groups excluding carboxylic acids is 1. The summed E-state index contributed by atoms with van der Waals surface area (Å²) in [7, 11) is -1.86. The summed E-state index contributed by atoms with van der Waals surface area (Å²) in [6.45, 7) is 6.75. The number of ketones is 1. The first-order chi connectivity index (χ1) is 26.1. The fourth-order valence-corrected chi connectivity index (χ4v) is 8.44. The number of carbonyl (C=O) groups is 1. The maximum Gasteiger partial charge on any atom is 0.297 e. The van der Waals surface area contributed by atoms with Crippen LogP contribution in [0.15, 0.2) is 42.5 Å². The van der Waals surface area contributed by atoms with Gasteiger partial charge in [-0.15, -0.1) is 4.68 Å². The summed E-state index contributed by atoms with van der Waals surface area (Å²) in [5.74, 6) is -2.59. The molecule has 0 aliphatic heterocycles. The van der Waals surface area contributed by atoms with Crippen LogP contribution in [0.5, 0.6) is 0 Å². The molecule has 3 atom stereocenters. The first-order valence-electron chi connectivity index (χ1n) is 17.9. The maximum atomic E-state index is 15.4. The Morgan fingerprint density at radius 1 is 1.04 bits per heavy atom. The van der Waals surface area contributed by atoms with Crippen molar-refractivity contribution >= 4 is 21.3 Å². The predicted molar refractivity (Wildman–Crippen MR) is 194 cm³/mol. The molecule has 1 fully saturated rings. The zero-order valence-electron chi connectivity index (χ0n) is 31.5. The molecule has 294 valence electrons. The molecule has 2 aliphatic rings. The van der Waals surface area contributed by atoms with E-state index in [1.807, 2.05) is 20.8 Å². The van der Waals surface area contributed by atoms with Crippen molar-refractivity contribution in [1.82, 2.24) is 24.5 Å². The highest BCUT2D eigenvalue weighted by Crippen LogP contribution is 2.68. The molecule has 0 radical (unpaired) electrons. The lowest BCUT2D eigenvalue weighted by Gasteiger charge is -2.21. The number of fused-ring (bicyclic) bond motifs is 4. The van der Waals surface area contributed by atoms with Crippen molar-refractivity contribution in [3.63, 3.8) is 0 Å². The molecule has 7 rings (SSSR count). The molecular formula is C40H39F6N6O3S+. The van der Waals surface area contributed by atoms with Gasteiger partial charge in [-0.05, 0) is 94.3 Å². The zero-order chi connectivity index (χ0) is 40.6. The Balaban J connectivity index is 1.39. The van der Waals surface area contributed by atoms with Crippen LogP contribution >= 0.6 is 0 Å². The number of Topliss-reactive ketones (excluding diaryl/α,β-unsaturated/α-hetero) is 1. The molecular weight excluding hydrogens is 759 g/mol. The summed E-state index contributed by atoms with van der Waals surface area (Å²) in [4.78, 5) is 19.0. The standard InChI is InChI=1S/C40H39F6N6O3S/c1-21-7-9-29(38-50(5)48-32(52(21)38)20-56(6,54)55)28-10-8-26(11-12-39(2,3)4)47-34(28)23(13-22-14-24(41)17-25(42)15-22)16-27(53)19-51-36-33(35(49-51)37(43)44)30-18-31(30)40(36,45)46/h7-10,14-15,17,23,30-31,37H,13,16,18-20H2,1-6H3/q+1/t23-,30+,31-/m1/s1. The zero-order valence-corrected chi connectivity index (χ0v) is 32.3. The minimum absolute atomic E-state index is 0.0610. The molecule has 9 nitrogen and oxygen atoms in total. The van der Waals surface area contributed by atoms with Gasteiger partial charge >= 0.3 is 0 Å².